The highest BCUT2D eigenvalue weighted by atomic mass is 35.5. The lowest BCUT2D eigenvalue weighted by Crippen LogP contribution is -2.17. The van der Waals surface area contributed by atoms with Crippen LogP contribution in [0.4, 0.5) is 5.82 Å². The molecule has 22 heavy (non-hydrogen) atoms. The Hall–Kier alpha value is -2.13. The van der Waals surface area contributed by atoms with Crippen molar-refractivity contribution in [1.29, 1.82) is 0 Å². The molecule has 0 bridgehead atoms. The number of halogens is 1. The molecule has 2 rings (SSSR count). The summed E-state index contributed by atoms with van der Waals surface area (Å²) in [4.78, 5) is 13.6. The predicted molar refractivity (Wildman–Crippen MR) is 78.9 cm³/mol. The first-order chi connectivity index (χ1) is 10.2. The van der Waals surface area contributed by atoms with Crippen molar-refractivity contribution >= 4 is 27.4 Å². The number of aryl methyl sites for hydroxylation is 2. The summed E-state index contributed by atoms with van der Waals surface area (Å²) in [5.41, 5.74) is 0.620. The van der Waals surface area contributed by atoms with Crippen molar-refractivity contribution in [3.05, 3.63) is 44.9 Å². The number of nitrogens with zero attached hydrogens (tertiary/aromatic N) is 3. The van der Waals surface area contributed by atoms with Gasteiger partial charge >= 0.3 is 15.8 Å². The van der Waals surface area contributed by atoms with Crippen LogP contribution in [0.2, 0.25) is 5.02 Å². The van der Waals surface area contributed by atoms with Gasteiger partial charge in [-0.1, -0.05) is 15.6 Å². The fourth-order valence-corrected chi connectivity index (χ4v) is 3.78. The number of rotatable bonds is 4. The van der Waals surface area contributed by atoms with Gasteiger partial charge in [-0.3, -0.25) is 0 Å². The Bertz CT molecular complexity index is 860. The molecule has 0 saturated carbocycles. The standard InChI is InChI=1S/C12H12ClN3O5S/c1-7-4-10(21-3)11(5-9(7)13)22(19,20)15-8(2)14-6-12(15)16(17)18/h4-6H,1-3H3. The van der Waals surface area contributed by atoms with Crippen LogP contribution in [0.5, 0.6) is 5.75 Å². The highest BCUT2D eigenvalue weighted by Crippen LogP contribution is 2.33. The first kappa shape index (κ1) is 16.2. The second-order valence-corrected chi connectivity index (χ2v) is 6.60. The molecule has 0 aliphatic heterocycles. The average molecular weight is 346 g/mol. The Labute approximate surface area is 131 Å². The Morgan fingerprint density at radius 1 is 1.36 bits per heavy atom. The molecule has 0 saturated heterocycles. The topological polar surface area (TPSA) is 104 Å². The summed E-state index contributed by atoms with van der Waals surface area (Å²) >= 11 is 5.97. The van der Waals surface area contributed by atoms with Crippen molar-refractivity contribution in [3.8, 4) is 5.75 Å². The van der Waals surface area contributed by atoms with Crippen molar-refractivity contribution in [2.45, 2.75) is 18.7 Å². The largest absolute Gasteiger partial charge is 0.495 e. The number of hydrogen-bond acceptors (Lipinski definition) is 6. The third-order valence-corrected chi connectivity index (χ3v) is 5.23. The molecule has 1 aromatic heterocycles. The average Bonchev–Trinajstić information content (AvgIpc) is 2.84. The number of imidazole rings is 1. The molecule has 0 amide bonds. The van der Waals surface area contributed by atoms with Crippen LogP contribution in [-0.2, 0) is 10.0 Å². The summed E-state index contributed by atoms with van der Waals surface area (Å²) in [6.07, 6.45) is 0.884. The van der Waals surface area contributed by atoms with Crippen molar-refractivity contribution < 1.29 is 18.1 Å². The van der Waals surface area contributed by atoms with E-state index in [4.69, 9.17) is 16.3 Å². The summed E-state index contributed by atoms with van der Waals surface area (Å²) in [7, 11) is -2.98. The van der Waals surface area contributed by atoms with Crippen LogP contribution >= 0.6 is 11.6 Å². The highest BCUT2D eigenvalue weighted by Gasteiger charge is 2.34. The Morgan fingerprint density at radius 2 is 2.00 bits per heavy atom. The van der Waals surface area contributed by atoms with Gasteiger partial charge in [-0.15, -0.1) is 0 Å². The van der Waals surface area contributed by atoms with Gasteiger partial charge < -0.3 is 14.9 Å². The van der Waals surface area contributed by atoms with Gasteiger partial charge in [0.15, 0.2) is 4.90 Å². The van der Waals surface area contributed by atoms with Gasteiger partial charge in [0.25, 0.3) is 0 Å². The Balaban J connectivity index is 2.80. The van der Waals surface area contributed by atoms with E-state index in [2.05, 4.69) is 4.98 Å². The second kappa shape index (κ2) is 5.58. The molecule has 0 spiro atoms. The van der Waals surface area contributed by atoms with Crippen molar-refractivity contribution in [2.24, 2.45) is 0 Å². The zero-order valence-corrected chi connectivity index (χ0v) is 13.5. The number of nitro groups is 1. The molecular weight excluding hydrogens is 334 g/mol. The van der Waals surface area contributed by atoms with Gasteiger partial charge in [0, 0.05) is 11.9 Å². The monoisotopic (exact) mass is 345 g/mol. The molecule has 0 atom stereocenters. The van der Waals surface area contributed by atoms with E-state index in [0.717, 1.165) is 6.20 Å². The Morgan fingerprint density at radius 3 is 2.55 bits per heavy atom. The fourth-order valence-electron chi connectivity index (χ4n) is 1.94. The SMILES string of the molecule is COc1cc(C)c(Cl)cc1S(=O)(=O)n1c([N+](=O)[O-])cnc1C. The molecule has 0 aliphatic rings. The molecular formula is C12H12ClN3O5S. The van der Waals surface area contributed by atoms with E-state index in [-0.39, 0.29) is 21.5 Å². The minimum Gasteiger partial charge on any atom is -0.495 e. The van der Waals surface area contributed by atoms with Crippen LogP contribution in [0, 0.1) is 24.0 Å². The summed E-state index contributed by atoms with van der Waals surface area (Å²) in [5, 5.41) is 11.2. The maximum Gasteiger partial charge on any atom is 0.358 e. The number of methoxy groups -OCH3 is 1. The van der Waals surface area contributed by atoms with Gasteiger partial charge in [0.2, 0.25) is 5.82 Å². The molecule has 1 heterocycles. The van der Waals surface area contributed by atoms with Crippen LogP contribution in [0.1, 0.15) is 11.4 Å². The van der Waals surface area contributed by atoms with Crippen LogP contribution in [-0.4, -0.2) is 29.4 Å². The van der Waals surface area contributed by atoms with Crippen LogP contribution in [0.25, 0.3) is 0 Å². The molecule has 1 aromatic carbocycles. The van der Waals surface area contributed by atoms with Crippen molar-refractivity contribution in [1.82, 2.24) is 8.96 Å². The lowest BCUT2D eigenvalue weighted by molar-refractivity contribution is -0.390. The summed E-state index contributed by atoms with van der Waals surface area (Å²) in [5.74, 6) is -0.647. The van der Waals surface area contributed by atoms with Gasteiger partial charge in [0.05, 0.1) is 7.11 Å². The zero-order chi connectivity index (χ0) is 16.7. The molecule has 0 unspecified atom stereocenters. The molecule has 2 aromatic rings. The highest BCUT2D eigenvalue weighted by molar-refractivity contribution is 7.90. The molecule has 118 valence electrons. The second-order valence-electron chi connectivity index (χ2n) is 4.44. The molecule has 0 fully saturated rings. The molecule has 10 heteroatoms. The van der Waals surface area contributed by atoms with E-state index in [1.165, 1.54) is 26.2 Å². The smallest absolute Gasteiger partial charge is 0.358 e. The number of aromatic nitrogens is 2. The normalized spacial score (nSPS) is 11.5. The predicted octanol–water partition coefficient (Wildman–Crippen LogP) is 2.31. The molecule has 8 nitrogen and oxygen atoms in total. The Kier molecular flexibility index (Phi) is 4.12. The quantitative estimate of drug-likeness (QED) is 0.622. The van der Waals surface area contributed by atoms with Gasteiger partial charge in [-0.05, 0) is 29.5 Å². The van der Waals surface area contributed by atoms with Gasteiger partial charge in [-0.25, -0.2) is 4.98 Å². The number of hydrogen-bond donors (Lipinski definition) is 0. The number of benzene rings is 1. The van der Waals surface area contributed by atoms with E-state index < -0.39 is 20.8 Å². The van der Waals surface area contributed by atoms with E-state index >= 15 is 0 Å². The summed E-state index contributed by atoms with van der Waals surface area (Å²) in [6.45, 7) is 3.04. The number of ether oxygens (including phenoxy) is 1. The van der Waals surface area contributed by atoms with Crippen LogP contribution in [0.3, 0.4) is 0 Å². The summed E-state index contributed by atoms with van der Waals surface area (Å²) < 4.78 is 31.1. The maximum atomic E-state index is 12.8. The van der Waals surface area contributed by atoms with Crippen LogP contribution in [0.15, 0.2) is 23.2 Å². The van der Waals surface area contributed by atoms with E-state index in [9.17, 15) is 18.5 Å². The van der Waals surface area contributed by atoms with Crippen molar-refractivity contribution in [2.75, 3.05) is 7.11 Å². The minimum absolute atomic E-state index is 0.0366. The zero-order valence-electron chi connectivity index (χ0n) is 11.9. The molecule has 0 radical (unpaired) electrons. The van der Waals surface area contributed by atoms with Crippen LogP contribution < -0.4 is 4.74 Å². The molecule has 0 N–H and O–H groups in total. The molecule has 0 aliphatic carbocycles. The first-order valence-electron chi connectivity index (χ1n) is 5.98. The summed E-state index contributed by atoms with van der Waals surface area (Å²) in [6, 6.07) is 2.65. The van der Waals surface area contributed by atoms with Gasteiger partial charge in [0.1, 0.15) is 11.9 Å². The lowest BCUT2D eigenvalue weighted by atomic mass is 10.2. The third kappa shape index (κ3) is 2.53. The third-order valence-electron chi connectivity index (χ3n) is 3.02. The van der Waals surface area contributed by atoms with E-state index in [0.29, 0.717) is 9.54 Å². The van der Waals surface area contributed by atoms with Gasteiger partial charge in [-0.2, -0.15) is 8.42 Å². The fraction of sp³-hybridized carbons (Fsp3) is 0.250. The first-order valence-corrected chi connectivity index (χ1v) is 7.80. The van der Waals surface area contributed by atoms with E-state index in [1.54, 1.807) is 6.92 Å². The minimum atomic E-state index is -4.28. The maximum absolute atomic E-state index is 12.8. The van der Waals surface area contributed by atoms with E-state index in [1.807, 2.05) is 0 Å². The lowest BCUT2D eigenvalue weighted by Gasteiger charge is -2.11. The van der Waals surface area contributed by atoms with Crippen molar-refractivity contribution in [3.63, 3.8) is 0 Å².